The Morgan fingerprint density at radius 3 is 2.25 bits per heavy atom. The zero-order valence-electron chi connectivity index (χ0n) is 14.2. The molecule has 7 heteroatoms. The van der Waals surface area contributed by atoms with Crippen molar-refractivity contribution >= 4 is 31.7 Å². The van der Waals surface area contributed by atoms with Gasteiger partial charge < -0.3 is 9.47 Å². The normalized spacial score (nSPS) is 18.2. The summed E-state index contributed by atoms with van der Waals surface area (Å²) in [6.45, 7) is 6.41. The van der Waals surface area contributed by atoms with Gasteiger partial charge in [0, 0.05) is 30.5 Å². The molecule has 0 aromatic heterocycles. The number of esters is 1. The maximum atomic E-state index is 13.2. The number of benzene rings is 1. The van der Waals surface area contributed by atoms with Crippen LogP contribution in [0.15, 0.2) is 33.6 Å². The molecule has 0 saturated carbocycles. The summed E-state index contributed by atoms with van der Waals surface area (Å²) in [5.74, 6) is -0.677. The molecule has 0 spiro atoms. The Hall–Kier alpha value is -0.920. The van der Waals surface area contributed by atoms with E-state index in [0.29, 0.717) is 0 Å². The van der Waals surface area contributed by atoms with Crippen LogP contribution < -0.4 is 0 Å². The van der Waals surface area contributed by atoms with Gasteiger partial charge in [-0.25, -0.2) is 8.42 Å². The van der Waals surface area contributed by atoms with Crippen LogP contribution in [-0.4, -0.2) is 39.0 Å². The first-order valence-corrected chi connectivity index (χ1v) is 10.1. The summed E-state index contributed by atoms with van der Waals surface area (Å²) < 4.78 is 36.3. The highest BCUT2D eigenvalue weighted by Gasteiger charge is 2.53. The van der Waals surface area contributed by atoms with Crippen LogP contribution in [0.25, 0.3) is 0 Å². The Morgan fingerprint density at radius 2 is 1.75 bits per heavy atom. The molecule has 0 N–H and O–H groups in total. The third kappa shape index (κ3) is 4.00. The minimum Gasteiger partial charge on any atom is -0.464 e. The van der Waals surface area contributed by atoms with Gasteiger partial charge in [-0.2, -0.15) is 0 Å². The smallest absolute Gasteiger partial charge is 0.328 e. The van der Waals surface area contributed by atoms with Crippen LogP contribution in [0.5, 0.6) is 0 Å². The largest absolute Gasteiger partial charge is 0.464 e. The standard InChI is InChI=1S/C17H23BrO5S/c1-16(2,3)12-23-15(19)17(8-10-22-11-9-17)24(20,21)14-6-4-13(18)5-7-14/h4-7H,8-12H2,1-3H3. The zero-order valence-corrected chi connectivity index (χ0v) is 16.6. The minimum atomic E-state index is -3.88. The molecule has 0 amide bonds. The summed E-state index contributed by atoms with van der Waals surface area (Å²) in [5.41, 5.74) is -0.233. The molecule has 2 rings (SSSR count). The Kier molecular flexibility index (Phi) is 5.77. The fourth-order valence-corrected chi connectivity index (χ4v) is 4.73. The highest BCUT2D eigenvalue weighted by atomic mass is 79.9. The summed E-state index contributed by atoms with van der Waals surface area (Å²) in [6.07, 6.45) is 0.211. The van der Waals surface area contributed by atoms with Crippen molar-refractivity contribution in [2.75, 3.05) is 19.8 Å². The maximum Gasteiger partial charge on any atom is 0.328 e. The van der Waals surface area contributed by atoms with E-state index in [2.05, 4.69) is 15.9 Å². The van der Waals surface area contributed by atoms with Gasteiger partial charge in [-0.05, 0) is 29.7 Å². The number of hydrogen-bond donors (Lipinski definition) is 0. The Bertz CT molecular complexity index is 683. The lowest BCUT2D eigenvalue weighted by molar-refractivity contribution is -0.152. The zero-order chi connectivity index (χ0) is 18.0. The summed E-state index contributed by atoms with van der Waals surface area (Å²) in [4.78, 5) is 12.9. The second-order valence-electron chi connectivity index (χ2n) is 7.20. The van der Waals surface area contributed by atoms with Gasteiger partial charge in [0.25, 0.3) is 0 Å². The maximum absolute atomic E-state index is 13.2. The van der Waals surface area contributed by atoms with Crippen molar-refractivity contribution in [3.63, 3.8) is 0 Å². The number of hydrogen-bond acceptors (Lipinski definition) is 5. The molecule has 0 radical (unpaired) electrons. The van der Waals surface area contributed by atoms with Gasteiger partial charge in [0.2, 0.25) is 0 Å². The van der Waals surface area contributed by atoms with E-state index in [4.69, 9.17) is 9.47 Å². The van der Waals surface area contributed by atoms with Crippen LogP contribution in [0.3, 0.4) is 0 Å². The molecular weight excluding hydrogens is 396 g/mol. The molecule has 5 nitrogen and oxygen atoms in total. The van der Waals surface area contributed by atoms with Crippen molar-refractivity contribution < 1.29 is 22.7 Å². The lowest BCUT2D eigenvalue weighted by Crippen LogP contribution is -2.51. The van der Waals surface area contributed by atoms with Crippen LogP contribution in [0.2, 0.25) is 0 Å². The average molecular weight is 419 g/mol. The third-order valence-electron chi connectivity index (χ3n) is 3.95. The highest BCUT2D eigenvalue weighted by Crippen LogP contribution is 2.37. The van der Waals surface area contributed by atoms with Crippen LogP contribution in [-0.2, 0) is 24.1 Å². The molecule has 24 heavy (non-hydrogen) atoms. The summed E-state index contributed by atoms with van der Waals surface area (Å²) in [5, 5.41) is 0. The molecule has 0 atom stereocenters. The SMILES string of the molecule is CC(C)(C)COC(=O)C1(S(=O)(=O)c2ccc(Br)cc2)CCOCC1. The van der Waals surface area contributed by atoms with Gasteiger partial charge in [0.05, 0.1) is 11.5 Å². The first kappa shape index (κ1) is 19.4. The molecule has 134 valence electrons. The molecular formula is C17H23BrO5S. The monoisotopic (exact) mass is 418 g/mol. The molecule has 0 aliphatic carbocycles. The first-order valence-electron chi connectivity index (χ1n) is 7.84. The van der Waals surface area contributed by atoms with Crippen molar-refractivity contribution in [2.24, 2.45) is 5.41 Å². The second-order valence-corrected chi connectivity index (χ2v) is 10.4. The third-order valence-corrected chi connectivity index (χ3v) is 6.97. The van der Waals surface area contributed by atoms with E-state index in [1.54, 1.807) is 12.1 Å². The van der Waals surface area contributed by atoms with Crippen molar-refractivity contribution in [3.05, 3.63) is 28.7 Å². The molecule has 1 saturated heterocycles. The van der Waals surface area contributed by atoms with Crippen molar-refractivity contribution in [1.29, 1.82) is 0 Å². The molecule has 0 bridgehead atoms. The average Bonchev–Trinajstić information content (AvgIpc) is 2.53. The predicted molar refractivity (Wildman–Crippen MR) is 94.5 cm³/mol. The van der Waals surface area contributed by atoms with E-state index >= 15 is 0 Å². The number of carbonyl (C=O) groups is 1. The van der Waals surface area contributed by atoms with Gasteiger partial charge >= 0.3 is 5.97 Å². The van der Waals surface area contributed by atoms with E-state index in [-0.39, 0.29) is 43.0 Å². The van der Waals surface area contributed by atoms with Crippen LogP contribution in [0.1, 0.15) is 33.6 Å². The molecule has 1 aliphatic heterocycles. The summed E-state index contributed by atoms with van der Waals surface area (Å²) >= 11 is 3.29. The fraction of sp³-hybridized carbons (Fsp3) is 0.588. The quantitative estimate of drug-likeness (QED) is 0.700. The second kappa shape index (κ2) is 7.14. The predicted octanol–water partition coefficient (Wildman–Crippen LogP) is 3.36. The highest BCUT2D eigenvalue weighted by molar-refractivity contribution is 9.10. The van der Waals surface area contributed by atoms with E-state index < -0.39 is 20.6 Å². The van der Waals surface area contributed by atoms with E-state index in [9.17, 15) is 13.2 Å². The van der Waals surface area contributed by atoms with Gasteiger partial charge in [0.15, 0.2) is 14.6 Å². The van der Waals surface area contributed by atoms with Gasteiger partial charge in [-0.15, -0.1) is 0 Å². The topological polar surface area (TPSA) is 69.7 Å². The van der Waals surface area contributed by atoms with Crippen molar-refractivity contribution in [2.45, 2.75) is 43.3 Å². The minimum absolute atomic E-state index is 0.106. The Balaban J connectivity index is 2.39. The van der Waals surface area contributed by atoms with Crippen LogP contribution in [0, 0.1) is 5.41 Å². The number of carbonyl (C=O) groups excluding carboxylic acids is 1. The van der Waals surface area contributed by atoms with Gasteiger partial charge in [0.1, 0.15) is 0 Å². The molecule has 1 aliphatic rings. The number of sulfone groups is 1. The Morgan fingerprint density at radius 1 is 1.21 bits per heavy atom. The molecule has 1 aromatic rings. The van der Waals surface area contributed by atoms with Crippen molar-refractivity contribution in [1.82, 2.24) is 0 Å². The van der Waals surface area contributed by atoms with Gasteiger partial charge in [-0.1, -0.05) is 36.7 Å². The molecule has 1 fully saturated rings. The lowest BCUT2D eigenvalue weighted by atomic mass is 9.97. The number of ether oxygens (including phenoxy) is 2. The van der Waals surface area contributed by atoms with Crippen LogP contribution >= 0.6 is 15.9 Å². The Labute approximate surface area is 151 Å². The van der Waals surface area contributed by atoms with E-state index in [0.717, 1.165) is 4.47 Å². The summed E-state index contributed by atoms with van der Waals surface area (Å²) in [6, 6.07) is 6.32. The first-order chi connectivity index (χ1) is 11.1. The number of halogens is 1. The van der Waals surface area contributed by atoms with Crippen molar-refractivity contribution in [3.8, 4) is 0 Å². The fourth-order valence-electron chi connectivity index (χ4n) is 2.54. The lowest BCUT2D eigenvalue weighted by Gasteiger charge is -2.35. The van der Waals surface area contributed by atoms with E-state index in [1.165, 1.54) is 12.1 Å². The van der Waals surface area contributed by atoms with Crippen LogP contribution in [0.4, 0.5) is 0 Å². The number of rotatable bonds is 4. The molecule has 1 aromatic carbocycles. The van der Waals surface area contributed by atoms with Gasteiger partial charge in [-0.3, -0.25) is 4.79 Å². The molecule has 1 heterocycles. The molecule has 0 unspecified atom stereocenters. The van der Waals surface area contributed by atoms with E-state index in [1.807, 2.05) is 20.8 Å². The summed E-state index contributed by atoms with van der Waals surface area (Å²) in [7, 11) is -3.88.